The van der Waals surface area contributed by atoms with Crippen molar-refractivity contribution in [2.75, 3.05) is 29.4 Å². The number of aliphatic imine (C=N–C) groups is 1. The number of halogens is 9. The number of aromatic nitrogens is 2. The number of carboxylic acid groups (broad SMARTS) is 1. The zero-order valence-corrected chi connectivity index (χ0v) is 27.7. The molecule has 2 aliphatic heterocycles. The summed E-state index contributed by atoms with van der Waals surface area (Å²) in [6, 6.07) is 2.26. The number of dihydropyridines is 1. The fraction of sp³-hybridized carbons (Fsp3) is 0.588. The minimum atomic E-state index is -5.18. The molecule has 3 atom stereocenters. The molecule has 17 heteroatoms. The molecule has 3 unspecified atom stereocenters. The van der Waals surface area contributed by atoms with Crippen LogP contribution in [0.3, 0.4) is 0 Å². The summed E-state index contributed by atoms with van der Waals surface area (Å²) in [5, 5.41) is 12.6. The molecule has 5 rings (SSSR count). The molecule has 0 bridgehead atoms. The Morgan fingerprint density at radius 3 is 2.16 bits per heavy atom. The summed E-state index contributed by atoms with van der Waals surface area (Å²) < 4.78 is 127. The second-order valence-corrected chi connectivity index (χ2v) is 13.7. The minimum Gasteiger partial charge on any atom is -0.481 e. The van der Waals surface area contributed by atoms with E-state index in [4.69, 9.17) is 0 Å². The summed E-state index contributed by atoms with van der Waals surface area (Å²) >= 11 is 0. The standard InChI is InChI=1S/C34H39F9N6O2/c1-21(14-22-4-2-3-5-22)46-27-6-10-31(19-45-27,34(41,42)43)20-49(18-23-15-25(32(35,36)37)17-26(16-23)33(38,39)40)30-44-11-7-28(47-30)48-12-8-24(9-13-48)29(50)51/h6-7,10-11,15-17,19,21-22,24,27,46H,2-5,8-9,12-14,18,20H2,1H3,(H,50,51). The van der Waals surface area contributed by atoms with E-state index in [1.807, 2.05) is 6.92 Å². The molecule has 51 heavy (non-hydrogen) atoms. The Morgan fingerprint density at radius 1 is 1.00 bits per heavy atom. The van der Waals surface area contributed by atoms with Crippen LogP contribution in [0.4, 0.5) is 51.3 Å². The van der Waals surface area contributed by atoms with Crippen LogP contribution < -0.4 is 15.1 Å². The maximum absolute atomic E-state index is 15.0. The predicted molar refractivity (Wildman–Crippen MR) is 171 cm³/mol. The van der Waals surface area contributed by atoms with Crippen LogP contribution in [0.15, 0.2) is 47.6 Å². The Kier molecular flexibility index (Phi) is 11.3. The fourth-order valence-corrected chi connectivity index (χ4v) is 6.99. The summed E-state index contributed by atoms with van der Waals surface area (Å²) in [4.78, 5) is 26.7. The second-order valence-electron chi connectivity index (χ2n) is 13.7. The van der Waals surface area contributed by atoms with Gasteiger partial charge in [0.25, 0.3) is 0 Å². The van der Waals surface area contributed by atoms with E-state index in [-0.39, 0.29) is 49.8 Å². The summed E-state index contributed by atoms with van der Waals surface area (Å²) in [6.07, 6.45) is -6.24. The van der Waals surface area contributed by atoms with Gasteiger partial charge in [-0.1, -0.05) is 31.8 Å². The number of aliphatic carboxylic acids is 1. The molecule has 0 radical (unpaired) electrons. The molecule has 3 heterocycles. The van der Waals surface area contributed by atoms with Crippen LogP contribution in [-0.4, -0.2) is 65.3 Å². The number of rotatable bonds is 11. The summed E-state index contributed by atoms with van der Waals surface area (Å²) in [6.45, 7) is 0.533. The van der Waals surface area contributed by atoms with Gasteiger partial charge in [0.1, 0.15) is 17.4 Å². The van der Waals surface area contributed by atoms with Gasteiger partial charge in [0.15, 0.2) is 0 Å². The van der Waals surface area contributed by atoms with Crippen LogP contribution >= 0.6 is 0 Å². The van der Waals surface area contributed by atoms with Crippen molar-refractivity contribution in [1.82, 2.24) is 15.3 Å². The van der Waals surface area contributed by atoms with Crippen molar-refractivity contribution in [2.24, 2.45) is 22.2 Å². The van der Waals surface area contributed by atoms with Gasteiger partial charge >= 0.3 is 24.5 Å². The molecule has 280 valence electrons. The van der Waals surface area contributed by atoms with Gasteiger partial charge in [0, 0.05) is 44.6 Å². The third kappa shape index (κ3) is 9.51. The smallest absolute Gasteiger partial charge is 0.416 e. The molecule has 2 fully saturated rings. The molecule has 2 aromatic rings. The lowest BCUT2D eigenvalue weighted by Crippen LogP contribution is -2.50. The quantitative estimate of drug-likeness (QED) is 0.179. The first-order valence-electron chi connectivity index (χ1n) is 16.7. The third-order valence-electron chi connectivity index (χ3n) is 9.74. The summed E-state index contributed by atoms with van der Waals surface area (Å²) in [7, 11) is 0. The first-order valence-corrected chi connectivity index (χ1v) is 16.7. The third-order valence-corrected chi connectivity index (χ3v) is 9.74. The van der Waals surface area contributed by atoms with Crippen LogP contribution in [-0.2, 0) is 23.7 Å². The minimum absolute atomic E-state index is 0.0461. The lowest BCUT2D eigenvalue weighted by atomic mass is 9.85. The summed E-state index contributed by atoms with van der Waals surface area (Å²) in [5.41, 5.74) is -6.61. The van der Waals surface area contributed by atoms with Gasteiger partial charge in [-0.2, -0.15) is 44.5 Å². The van der Waals surface area contributed by atoms with E-state index in [0.29, 0.717) is 24.3 Å². The van der Waals surface area contributed by atoms with Crippen LogP contribution in [0.5, 0.6) is 0 Å². The number of nitrogens with zero attached hydrogens (tertiary/aromatic N) is 5. The Balaban J connectivity index is 1.48. The Hall–Kier alpha value is -3.89. The molecule has 1 aromatic carbocycles. The van der Waals surface area contributed by atoms with Crippen molar-refractivity contribution in [1.29, 1.82) is 0 Å². The lowest BCUT2D eigenvalue weighted by Gasteiger charge is -2.38. The predicted octanol–water partition coefficient (Wildman–Crippen LogP) is 7.90. The van der Waals surface area contributed by atoms with Gasteiger partial charge in [-0.25, -0.2) is 4.98 Å². The second kappa shape index (κ2) is 15.0. The average Bonchev–Trinajstić information content (AvgIpc) is 3.57. The van der Waals surface area contributed by atoms with Crippen molar-refractivity contribution >= 4 is 24.0 Å². The Labute approximate surface area is 288 Å². The maximum Gasteiger partial charge on any atom is 0.416 e. The van der Waals surface area contributed by atoms with E-state index < -0.39 is 71.8 Å². The number of hydrogen-bond acceptors (Lipinski definition) is 7. The van der Waals surface area contributed by atoms with Crippen molar-refractivity contribution in [2.45, 2.75) is 89.2 Å². The Morgan fingerprint density at radius 2 is 1.63 bits per heavy atom. The Bertz CT molecular complexity index is 1530. The molecule has 3 aliphatic rings. The largest absolute Gasteiger partial charge is 0.481 e. The van der Waals surface area contributed by atoms with Crippen LogP contribution in [0, 0.1) is 17.3 Å². The number of carboxylic acids is 1. The summed E-state index contributed by atoms with van der Waals surface area (Å²) in [5.74, 6) is -1.22. The normalized spacial score (nSPS) is 22.8. The molecule has 1 saturated carbocycles. The lowest BCUT2D eigenvalue weighted by molar-refractivity contribution is -0.178. The van der Waals surface area contributed by atoms with Crippen LogP contribution in [0.1, 0.15) is 68.6 Å². The number of alkyl halides is 9. The van der Waals surface area contributed by atoms with E-state index in [1.165, 1.54) is 18.3 Å². The molecule has 1 saturated heterocycles. The van der Waals surface area contributed by atoms with E-state index in [2.05, 4.69) is 20.3 Å². The molecular formula is C34H39F9N6O2. The average molecular weight is 735 g/mol. The van der Waals surface area contributed by atoms with Crippen molar-refractivity contribution < 1.29 is 49.4 Å². The van der Waals surface area contributed by atoms with E-state index in [9.17, 15) is 36.2 Å². The fourth-order valence-electron chi connectivity index (χ4n) is 6.99. The van der Waals surface area contributed by atoms with Crippen LogP contribution in [0.25, 0.3) is 0 Å². The molecule has 0 amide bonds. The first-order chi connectivity index (χ1) is 23.8. The number of nitrogens with one attached hydrogen (secondary N) is 1. The maximum atomic E-state index is 15.0. The monoisotopic (exact) mass is 734 g/mol. The highest BCUT2D eigenvalue weighted by Crippen LogP contribution is 2.42. The van der Waals surface area contributed by atoms with E-state index in [0.717, 1.165) is 43.1 Å². The van der Waals surface area contributed by atoms with Gasteiger partial charge in [-0.3, -0.25) is 15.1 Å². The highest BCUT2D eigenvalue weighted by atomic mass is 19.4. The van der Waals surface area contributed by atoms with Crippen molar-refractivity contribution in [3.05, 3.63) is 59.3 Å². The van der Waals surface area contributed by atoms with Gasteiger partial charge < -0.3 is 14.9 Å². The van der Waals surface area contributed by atoms with Crippen molar-refractivity contribution in [3.8, 4) is 0 Å². The van der Waals surface area contributed by atoms with Crippen molar-refractivity contribution in [3.63, 3.8) is 0 Å². The molecule has 8 nitrogen and oxygen atoms in total. The number of piperidine rings is 1. The molecule has 1 aromatic heterocycles. The first kappa shape index (κ1) is 38.3. The highest BCUT2D eigenvalue weighted by Gasteiger charge is 2.54. The number of hydrogen-bond donors (Lipinski definition) is 2. The van der Waals surface area contributed by atoms with Gasteiger partial charge in [0.05, 0.1) is 17.0 Å². The van der Waals surface area contributed by atoms with Gasteiger partial charge in [0.2, 0.25) is 5.95 Å². The van der Waals surface area contributed by atoms with E-state index >= 15 is 13.2 Å². The van der Waals surface area contributed by atoms with Gasteiger partial charge in [-0.05, 0) is 68.0 Å². The highest BCUT2D eigenvalue weighted by molar-refractivity contribution is 5.73. The molecule has 0 spiro atoms. The van der Waals surface area contributed by atoms with Crippen LogP contribution in [0.2, 0.25) is 0 Å². The molecule has 1 aliphatic carbocycles. The number of benzene rings is 1. The molecule has 2 N–H and O–H groups in total. The molecular weight excluding hydrogens is 695 g/mol. The number of carbonyl (C=O) groups is 1. The zero-order chi connectivity index (χ0) is 37.2. The zero-order valence-electron chi connectivity index (χ0n) is 27.7. The SMILES string of the molecule is CC(CC1CCCC1)NC1C=CC(CN(Cc2cc(C(F)(F)F)cc(C(F)(F)F)c2)c2nccc(N3CCC(C(=O)O)CC3)n2)(C(F)(F)F)C=N1. The van der Waals surface area contributed by atoms with Gasteiger partial charge in [-0.15, -0.1) is 0 Å². The number of anilines is 2. The van der Waals surface area contributed by atoms with E-state index in [1.54, 1.807) is 4.90 Å². The topological polar surface area (TPSA) is 94.0 Å².